The first-order chi connectivity index (χ1) is 10.2. The molecule has 0 aliphatic heterocycles. The number of hydrogen-bond acceptors (Lipinski definition) is 4. The van der Waals surface area contributed by atoms with Crippen LogP contribution in [-0.2, 0) is 0 Å². The van der Waals surface area contributed by atoms with E-state index < -0.39 is 0 Å². The lowest BCUT2D eigenvalue weighted by Gasteiger charge is -2.10. The van der Waals surface area contributed by atoms with Crippen LogP contribution in [0.3, 0.4) is 0 Å². The molecule has 1 heterocycles. The van der Waals surface area contributed by atoms with Gasteiger partial charge < -0.3 is 10.1 Å². The summed E-state index contributed by atoms with van der Waals surface area (Å²) in [5, 5.41) is 3.76. The predicted octanol–water partition coefficient (Wildman–Crippen LogP) is 4.99. The maximum atomic E-state index is 6.16. The minimum atomic E-state index is 0.462. The Labute approximate surface area is 137 Å². The van der Waals surface area contributed by atoms with Gasteiger partial charge in [-0.3, -0.25) is 0 Å². The molecule has 4 nitrogen and oxygen atoms in total. The van der Waals surface area contributed by atoms with Gasteiger partial charge in [0.1, 0.15) is 17.4 Å². The van der Waals surface area contributed by atoms with Crippen molar-refractivity contribution in [1.82, 2.24) is 9.97 Å². The van der Waals surface area contributed by atoms with Crippen LogP contribution < -0.4 is 10.1 Å². The Morgan fingerprint density at radius 1 is 1.33 bits per heavy atom. The highest BCUT2D eigenvalue weighted by Gasteiger charge is 2.27. The van der Waals surface area contributed by atoms with Crippen LogP contribution in [0, 0.1) is 0 Å². The van der Waals surface area contributed by atoms with Gasteiger partial charge in [0.05, 0.1) is 5.02 Å². The summed E-state index contributed by atoms with van der Waals surface area (Å²) in [6, 6.07) is 7.28. The number of aromatic nitrogens is 2. The van der Waals surface area contributed by atoms with Gasteiger partial charge in [0.15, 0.2) is 0 Å². The summed E-state index contributed by atoms with van der Waals surface area (Å²) in [6.07, 6.45) is 2.29. The molecule has 6 heteroatoms. The number of rotatable bonds is 5. The second-order valence-corrected chi connectivity index (χ2v) is 6.25. The fourth-order valence-corrected chi connectivity index (χ4v) is 2.46. The fourth-order valence-electron chi connectivity index (χ4n) is 1.96. The van der Waals surface area contributed by atoms with E-state index in [1.807, 2.05) is 19.1 Å². The second kappa shape index (κ2) is 6.20. The molecule has 0 saturated heterocycles. The van der Waals surface area contributed by atoms with E-state index in [1.165, 1.54) is 0 Å². The average Bonchev–Trinajstić information content (AvgIpc) is 3.28. The molecule has 1 aromatic carbocycles. The van der Waals surface area contributed by atoms with Gasteiger partial charge in [-0.1, -0.05) is 27.5 Å². The normalized spacial score (nSPS) is 14.0. The molecule has 0 amide bonds. The Bertz CT molecular complexity index is 661. The summed E-state index contributed by atoms with van der Waals surface area (Å²) in [6.45, 7) is 2.84. The van der Waals surface area contributed by atoms with Gasteiger partial charge in [0, 0.05) is 23.0 Å². The van der Waals surface area contributed by atoms with Crippen molar-refractivity contribution in [1.29, 1.82) is 0 Å². The molecule has 1 saturated carbocycles. The van der Waals surface area contributed by atoms with E-state index in [1.54, 1.807) is 12.1 Å². The SMILES string of the molecule is CCNc1cc(Oc2cc(Br)ccc2Cl)nc(C2CC2)n1. The third kappa shape index (κ3) is 3.66. The Balaban J connectivity index is 1.91. The molecule has 21 heavy (non-hydrogen) atoms. The fraction of sp³-hybridized carbons (Fsp3) is 0.333. The second-order valence-electron chi connectivity index (χ2n) is 4.93. The molecular formula is C15H15BrClN3O. The Morgan fingerprint density at radius 2 is 2.14 bits per heavy atom. The van der Waals surface area contributed by atoms with Gasteiger partial charge in [-0.25, -0.2) is 4.98 Å². The number of benzene rings is 1. The summed E-state index contributed by atoms with van der Waals surface area (Å²) in [4.78, 5) is 9.02. The highest BCUT2D eigenvalue weighted by Crippen LogP contribution is 2.40. The third-order valence-electron chi connectivity index (χ3n) is 3.13. The van der Waals surface area contributed by atoms with Crippen LogP contribution in [-0.4, -0.2) is 16.5 Å². The zero-order valence-corrected chi connectivity index (χ0v) is 13.9. The Kier molecular flexibility index (Phi) is 4.31. The minimum absolute atomic E-state index is 0.462. The molecule has 1 fully saturated rings. The van der Waals surface area contributed by atoms with E-state index in [2.05, 4.69) is 31.2 Å². The molecule has 0 atom stereocenters. The van der Waals surface area contributed by atoms with E-state index in [0.717, 1.165) is 35.5 Å². The van der Waals surface area contributed by atoms with Gasteiger partial charge in [0.25, 0.3) is 0 Å². The van der Waals surface area contributed by atoms with Gasteiger partial charge in [-0.15, -0.1) is 0 Å². The van der Waals surface area contributed by atoms with Crippen molar-refractivity contribution >= 4 is 33.3 Å². The monoisotopic (exact) mass is 367 g/mol. The van der Waals surface area contributed by atoms with Crippen molar-refractivity contribution in [3.05, 3.63) is 39.6 Å². The van der Waals surface area contributed by atoms with E-state index >= 15 is 0 Å². The van der Waals surface area contributed by atoms with Gasteiger partial charge in [-0.05, 0) is 38.0 Å². The number of halogens is 2. The minimum Gasteiger partial charge on any atom is -0.437 e. The summed E-state index contributed by atoms with van der Waals surface area (Å²) >= 11 is 9.57. The summed E-state index contributed by atoms with van der Waals surface area (Å²) in [7, 11) is 0. The van der Waals surface area contributed by atoms with Crippen LogP contribution in [0.2, 0.25) is 5.02 Å². The van der Waals surface area contributed by atoms with Crippen molar-refractivity contribution in [2.45, 2.75) is 25.7 Å². The van der Waals surface area contributed by atoms with Gasteiger partial charge in [-0.2, -0.15) is 4.98 Å². The lowest BCUT2D eigenvalue weighted by atomic mass is 10.3. The van der Waals surface area contributed by atoms with Crippen molar-refractivity contribution in [2.75, 3.05) is 11.9 Å². The molecule has 1 aliphatic rings. The van der Waals surface area contributed by atoms with Crippen LogP contribution in [0.4, 0.5) is 5.82 Å². The van der Waals surface area contributed by atoms with E-state index in [-0.39, 0.29) is 0 Å². The van der Waals surface area contributed by atoms with Crippen LogP contribution in [0.15, 0.2) is 28.7 Å². The number of anilines is 1. The molecule has 0 bridgehead atoms. The summed E-state index contributed by atoms with van der Waals surface area (Å²) in [5.41, 5.74) is 0. The average molecular weight is 369 g/mol. The van der Waals surface area contributed by atoms with Crippen LogP contribution in [0.5, 0.6) is 11.6 Å². The highest BCUT2D eigenvalue weighted by molar-refractivity contribution is 9.10. The van der Waals surface area contributed by atoms with Gasteiger partial charge in [0.2, 0.25) is 5.88 Å². The molecule has 0 unspecified atom stereocenters. The van der Waals surface area contributed by atoms with Crippen LogP contribution in [0.1, 0.15) is 31.5 Å². The maximum absolute atomic E-state index is 6.16. The summed E-state index contributed by atoms with van der Waals surface area (Å²) < 4.78 is 6.75. The molecular weight excluding hydrogens is 354 g/mol. The predicted molar refractivity (Wildman–Crippen MR) is 87.4 cm³/mol. The third-order valence-corrected chi connectivity index (χ3v) is 3.93. The standard InChI is InChI=1S/C15H15BrClN3O/c1-2-18-13-8-14(20-15(19-13)9-3-4-9)21-12-7-10(16)5-6-11(12)17/h5-9H,2-4H2,1H3,(H,18,19,20). The lowest BCUT2D eigenvalue weighted by molar-refractivity contribution is 0.459. The van der Waals surface area contributed by atoms with Crippen molar-refractivity contribution < 1.29 is 4.74 Å². The van der Waals surface area contributed by atoms with Crippen LogP contribution in [0.25, 0.3) is 0 Å². The zero-order valence-electron chi connectivity index (χ0n) is 11.6. The zero-order chi connectivity index (χ0) is 14.8. The molecule has 0 radical (unpaired) electrons. The molecule has 1 aliphatic carbocycles. The molecule has 1 aromatic heterocycles. The molecule has 3 rings (SSSR count). The molecule has 110 valence electrons. The number of hydrogen-bond donors (Lipinski definition) is 1. The Hall–Kier alpha value is -1.33. The highest BCUT2D eigenvalue weighted by atomic mass is 79.9. The van der Waals surface area contributed by atoms with Crippen molar-refractivity contribution in [3.63, 3.8) is 0 Å². The van der Waals surface area contributed by atoms with Gasteiger partial charge >= 0.3 is 0 Å². The van der Waals surface area contributed by atoms with Crippen molar-refractivity contribution in [2.24, 2.45) is 0 Å². The number of ether oxygens (including phenoxy) is 1. The van der Waals surface area contributed by atoms with E-state index in [9.17, 15) is 0 Å². The van der Waals surface area contributed by atoms with E-state index in [4.69, 9.17) is 16.3 Å². The molecule has 2 aromatic rings. The first-order valence-corrected chi connectivity index (χ1v) is 8.08. The first-order valence-electron chi connectivity index (χ1n) is 6.91. The van der Waals surface area contributed by atoms with Crippen molar-refractivity contribution in [3.8, 4) is 11.6 Å². The largest absolute Gasteiger partial charge is 0.437 e. The van der Waals surface area contributed by atoms with Crippen LogP contribution >= 0.6 is 27.5 Å². The quantitative estimate of drug-likeness (QED) is 0.807. The Morgan fingerprint density at radius 3 is 2.86 bits per heavy atom. The molecule has 0 spiro atoms. The maximum Gasteiger partial charge on any atom is 0.224 e. The lowest BCUT2D eigenvalue weighted by Crippen LogP contribution is -2.04. The first kappa shape index (κ1) is 14.6. The van der Waals surface area contributed by atoms with E-state index in [0.29, 0.717) is 22.6 Å². The number of nitrogens with one attached hydrogen (secondary N) is 1. The molecule has 1 N–H and O–H groups in total. The topological polar surface area (TPSA) is 47.0 Å². The smallest absolute Gasteiger partial charge is 0.224 e. The number of nitrogens with zero attached hydrogens (tertiary/aromatic N) is 2. The summed E-state index contributed by atoms with van der Waals surface area (Å²) in [5.74, 6) is 3.19.